The molecule has 0 radical (unpaired) electrons. The summed E-state index contributed by atoms with van der Waals surface area (Å²) in [5, 5.41) is 0. The van der Waals surface area contributed by atoms with Crippen LogP contribution in [-0.4, -0.2) is 41.0 Å². The molecule has 6 heteroatoms. The van der Waals surface area contributed by atoms with E-state index in [9.17, 15) is 9.59 Å². The van der Waals surface area contributed by atoms with Crippen molar-refractivity contribution in [1.29, 1.82) is 0 Å². The Bertz CT molecular complexity index is 856. The van der Waals surface area contributed by atoms with Gasteiger partial charge in [0.15, 0.2) is 0 Å². The van der Waals surface area contributed by atoms with E-state index in [1.807, 2.05) is 49.1 Å². The first-order valence-electron chi connectivity index (χ1n) is 9.35. The third-order valence-electron chi connectivity index (χ3n) is 5.30. The molecule has 1 aliphatic heterocycles. The van der Waals surface area contributed by atoms with Gasteiger partial charge in [-0.3, -0.25) is 9.59 Å². The number of likely N-dealkylation sites (tertiary alicyclic amines) is 1. The van der Waals surface area contributed by atoms with Crippen molar-refractivity contribution in [1.82, 2.24) is 9.47 Å². The highest BCUT2D eigenvalue weighted by Gasteiger charge is 2.30. The Morgan fingerprint density at radius 2 is 2.00 bits per heavy atom. The van der Waals surface area contributed by atoms with Crippen LogP contribution in [0.3, 0.4) is 0 Å². The van der Waals surface area contributed by atoms with E-state index in [4.69, 9.17) is 10.5 Å². The summed E-state index contributed by atoms with van der Waals surface area (Å²) in [6.45, 7) is 4.60. The molecule has 2 N–H and O–H groups in total. The van der Waals surface area contributed by atoms with E-state index in [0.29, 0.717) is 12.1 Å². The van der Waals surface area contributed by atoms with Gasteiger partial charge in [0.1, 0.15) is 5.75 Å². The number of rotatable bonds is 5. The highest BCUT2D eigenvalue weighted by atomic mass is 16.5. The standard InChI is InChI=1S/C21H27N3O3/c1-14-11-19(15(2)24(14)17-8-6-9-18(12-17)27-3)21(26)23-10-5-4-7-16(23)13-20(22)25/h6,8-9,11-12,16H,4-5,7,10,13H2,1-3H3,(H2,22,25). The van der Waals surface area contributed by atoms with Gasteiger partial charge in [-0.15, -0.1) is 0 Å². The van der Waals surface area contributed by atoms with Crippen LogP contribution in [0, 0.1) is 13.8 Å². The summed E-state index contributed by atoms with van der Waals surface area (Å²) in [7, 11) is 1.64. The molecule has 1 fully saturated rings. The summed E-state index contributed by atoms with van der Waals surface area (Å²) in [6.07, 6.45) is 3.02. The lowest BCUT2D eigenvalue weighted by atomic mass is 9.98. The van der Waals surface area contributed by atoms with Crippen LogP contribution in [0.4, 0.5) is 0 Å². The number of primary amides is 1. The lowest BCUT2D eigenvalue weighted by molar-refractivity contribution is -0.119. The normalized spacial score (nSPS) is 17.0. The van der Waals surface area contributed by atoms with Crippen LogP contribution < -0.4 is 10.5 Å². The molecule has 0 spiro atoms. The van der Waals surface area contributed by atoms with E-state index in [0.717, 1.165) is 42.1 Å². The van der Waals surface area contributed by atoms with Crippen LogP contribution >= 0.6 is 0 Å². The van der Waals surface area contributed by atoms with E-state index in [2.05, 4.69) is 4.57 Å². The van der Waals surface area contributed by atoms with Gasteiger partial charge in [0.25, 0.3) is 5.91 Å². The molecule has 1 aliphatic rings. The van der Waals surface area contributed by atoms with Crippen LogP contribution in [0.15, 0.2) is 30.3 Å². The van der Waals surface area contributed by atoms with Crippen LogP contribution in [0.2, 0.25) is 0 Å². The van der Waals surface area contributed by atoms with Gasteiger partial charge in [-0.25, -0.2) is 0 Å². The molecule has 6 nitrogen and oxygen atoms in total. The Hall–Kier alpha value is -2.76. The maximum atomic E-state index is 13.3. The zero-order valence-electron chi connectivity index (χ0n) is 16.2. The molecular formula is C21H27N3O3. The molecule has 27 heavy (non-hydrogen) atoms. The molecule has 1 aromatic carbocycles. The van der Waals surface area contributed by atoms with E-state index in [1.165, 1.54) is 0 Å². The highest BCUT2D eigenvalue weighted by Crippen LogP contribution is 2.27. The average molecular weight is 369 g/mol. The van der Waals surface area contributed by atoms with Gasteiger partial charge in [-0.05, 0) is 51.3 Å². The molecule has 1 unspecified atom stereocenters. The zero-order chi connectivity index (χ0) is 19.6. The number of carbonyl (C=O) groups is 2. The molecule has 144 valence electrons. The number of piperidine rings is 1. The van der Waals surface area contributed by atoms with Crippen molar-refractivity contribution >= 4 is 11.8 Å². The Kier molecular flexibility index (Phi) is 5.54. The van der Waals surface area contributed by atoms with Crippen molar-refractivity contribution in [2.45, 2.75) is 45.6 Å². The number of hydrogen-bond acceptors (Lipinski definition) is 3. The first-order valence-corrected chi connectivity index (χ1v) is 9.35. The minimum Gasteiger partial charge on any atom is -0.497 e. The number of benzene rings is 1. The minimum absolute atomic E-state index is 0.0248. The number of aryl methyl sites for hydroxylation is 1. The Morgan fingerprint density at radius 3 is 2.70 bits per heavy atom. The third kappa shape index (κ3) is 3.84. The van der Waals surface area contributed by atoms with Crippen molar-refractivity contribution in [3.05, 3.63) is 47.3 Å². The average Bonchev–Trinajstić information content (AvgIpc) is 2.95. The molecule has 1 saturated heterocycles. The fraction of sp³-hybridized carbons (Fsp3) is 0.429. The van der Waals surface area contributed by atoms with Gasteiger partial charge in [0.2, 0.25) is 5.91 Å². The van der Waals surface area contributed by atoms with Crippen molar-refractivity contribution in [3.63, 3.8) is 0 Å². The summed E-state index contributed by atoms with van der Waals surface area (Å²) >= 11 is 0. The van der Waals surface area contributed by atoms with Crippen LogP contribution in [0.1, 0.15) is 47.4 Å². The number of hydrogen-bond donors (Lipinski definition) is 1. The quantitative estimate of drug-likeness (QED) is 0.880. The molecule has 1 atom stereocenters. The zero-order valence-corrected chi connectivity index (χ0v) is 16.2. The number of nitrogens with two attached hydrogens (primary N) is 1. The van der Waals surface area contributed by atoms with E-state index >= 15 is 0 Å². The fourth-order valence-corrected chi connectivity index (χ4v) is 3.99. The van der Waals surface area contributed by atoms with Crippen molar-refractivity contribution in [2.24, 2.45) is 5.73 Å². The molecule has 0 aliphatic carbocycles. The van der Waals surface area contributed by atoms with Gasteiger partial charge in [0, 0.05) is 42.1 Å². The molecule has 2 amide bonds. The van der Waals surface area contributed by atoms with Crippen LogP contribution in [0.5, 0.6) is 5.75 Å². The molecule has 1 aromatic heterocycles. The number of carbonyl (C=O) groups excluding carboxylic acids is 2. The highest BCUT2D eigenvalue weighted by molar-refractivity contribution is 5.96. The maximum absolute atomic E-state index is 13.3. The Labute approximate surface area is 159 Å². The van der Waals surface area contributed by atoms with Gasteiger partial charge >= 0.3 is 0 Å². The van der Waals surface area contributed by atoms with E-state index < -0.39 is 0 Å². The predicted octanol–water partition coefficient (Wildman–Crippen LogP) is 2.97. The molecule has 0 saturated carbocycles. The summed E-state index contributed by atoms with van der Waals surface area (Å²) in [6, 6.07) is 9.59. The van der Waals surface area contributed by atoms with E-state index in [1.54, 1.807) is 7.11 Å². The largest absolute Gasteiger partial charge is 0.497 e. The molecule has 3 rings (SSSR count). The van der Waals surface area contributed by atoms with Crippen LogP contribution in [-0.2, 0) is 4.79 Å². The maximum Gasteiger partial charge on any atom is 0.255 e. The second kappa shape index (κ2) is 7.86. The third-order valence-corrected chi connectivity index (χ3v) is 5.30. The SMILES string of the molecule is COc1cccc(-n2c(C)cc(C(=O)N3CCCCC3CC(N)=O)c2C)c1. The predicted molar refractivity (Wildman–Crippen MR) is 104 cm³/mol. The Balaban J connectivity index is 1.95. The summed E-state index contributed by atoms with van der Waals surface area (Å²) in [5.41, 5.74) is 8.88. The number of nitrogens with zero attached hydrogens (tertiary/aromatic N) is 2. The monoisotopic (exact) mass is 369 g/mol. The Morgan fingerprint density at radius 1 is 1.22 bits per heavy atom. The number of aromatic nitrogens is 1. The molecule has 2 heterocycles. The van der Waals surface area contributed by atoms with E-state index in [-0.39, 0.29) is 24.3 Å². The topological polar surface area (TPSA) is 77.6 Å². The lowest BCUT2D eigenvalue weighted by Gasteiger charge is -2.35. The van der Waals surface area contributed by atoms with Crippen molar-refractivity contribution < 1.29 is 14.3 Å². The second-order valence-electron chi connectivity index (χ2n) is 7.14. The van der Waals surface area contributed by atoms with Crippen molar-refractivity contribution in [3.8, 4) is 11.4 Å². The van der Waals surface area contributed by atoms with Gasteiger partial charge in [0.05, 0.1) is 12.7 Å². The lowest BCUT2D eigenvalue weighted by Crippen LogP contribution is -2.45. The number of amides is 2. The van der Waals surface area contributed by atoms with Gasteiger partial charge in [-0.2, -0.15) is 0 Å². The van der Waals surface area contributed by atoms with Gasteiger partial charge < -0.3 is 19.9 Å². The molecule has 0 bridgehead atoms. The van der Waals surface area contributed by atoms with Crippen LogP contribution in [0.25, 0.3) is 5.69 Å². The second-order valence-corrected chi connectivity index (χ2v) is 7.14. The number of ether oxygens (including phenoxy) is 1. The summed E-state index contributed by atoms with van der Waals surface area (Å²) in [5.74, 6) is 0.384. The first kappa shape index (κ1) is 19.0. The number of methoxy groups -OCH3 is 1. The molecular weight excluding hydrogens is 342 g/mol. The minimum atomic E-state index is -0.360. The fourth-order valence-electron chi connectivity index (χ4n) is 3.99. The molecule has 2 aromatic rings. The van der Waals surface area contributed by atoms with Crippen molar-refractivity contribution in [2.75, 3.05) is 13.7 Å². The summed E-state index contributed by atoms with van der Waals surface area (Å²) in [4.78, 5) is 26.5. The first-order chi connectivity index (χ1) is 12.9. The smallest absolute Gasteiger partial charge is 0.255 e. The van der Waals surface area contributed by atoms with Gasteiger partial charge in [-0.1, -0.05) is 6.07 Å². The summed E-state index contributed by atoms with van der Waals surface area (Å²) < 4.78 is 7.38.